The van der Waals surface area contributed by atoms with Gasteiger partial charge in [-0.25, -0.2) is 0 Å². The van der Waals surface area contributed by atoms with Crippen LogP contribution in [0.25, 0.3) is 10.4 Å². The molecule has 0 bridgehead atoms. The number of carbonyl (C=O) groups excluding carboxylic acids is 1. The number of azide groups is 1. The fraction of sp³-hybridized carbons (Fsp3) is 0.364. The lowest BCUT2D eigenvalue weighted by molar-refractivity contribution is -0.127. The lowest BCUT2D eigenvalue weighted by Gasteiger charge is -2.09. The summed E-state index contributed by atoms with van der Waals surface area (Å²) in [5.41, 5.74) is 9.91. The van der Waals surface area contributed by atoms with Gasteiger partial charge < -0.3 is 4.90 Å². The number of likely N-dealkylation sites (N-methyl/N-ethyl adjacent to an activating group) is 1. The second-order valence-electron chi connectivity index (χ2n) is 4.01. The molecule has 1 fully saturated rings. The van der Waals surface area contributed by atoms with Crippen molar-refractivity contribution in [1.82, 2.24) is 10.2 Å². The van der Waals surface area contributed by atoms with Gasteiger partial charge in [0.2, 0.25) is 5.91 Å². The van der Waals surface area contributed by atoms with E-state index in [1.165, 1.54) is 0 Å². The first kappa shape index (κ1) is 11.4. The van der Waals surface area contributed by atoms with Crippen LogP contribution in [-0.4, -0.2) is 30.6 Å². The molecule has 0 saturated carbocycles. The minimum absolute atomic E-state index is 0.115. The zero-order valence-electron chi connectivity index (χ0n) is 9.50. The number of rotatable bonds is 3. The molecule has 1 aromatic carbocycles. The molecule has 1 saturated heterocycles. The SMILES string of the molecule is CN1CN[C@@H](Cc2ccc(N=[N+]=[N-])cc2)C1=O. The molecule has 1 aliphatic rings. The van der Waals surface area contributed by atoms with E-state index in [0.717, 1.165) is 5.56 Å². The fourth-order valence-corrected chi connectivity index (χ4v) is 1.82. The smallest absolute Gasteiger partial charge is 0.240 e. The maximum absolute atomic E-state index is 11.7. The van der Waals surface area contributed by atoms with Gasteiger partial charge in [-0.2, -0.15) is 0 Å². The number of hydrogen-bond donors (Lipinski definition) is 1. The van der Waals surface area contributed by atoms with Gasteiger partial charge in [-0.05, 0) is 17.5 Å². The molecule has 1 aromatic rings. The summed E-state index contributed by atoms with van der Waals surface area (Å²) in [6.07, 6.45) is 0.653. The summed E-state index contributed by atoms with van der Waals surface area (Å²) in [4.78, 5) is 16.1. The highest BCUT2D eigenvalue weighted by Crippen LogP contribution is 2.15. The summed E-state index contributed by atoms with van der Waals surface area (Å²) in [5, 5.41) is 6.64. The monoisotopic (exact) mass is 231 g/mol. The van der Waals surface area contributed by atoms with E-state index in [9.17, 15) is 4.79 Å². The Bertz CT molecular complexity index is 463. The molecule has 1 aliphatic heterocycles. The zero-order valence-corrected chi connectivity index (χ0v) is 9.50. The first-order chi connectivity index (χ1) is 8.20. The Hall–Kier alpha value is -2.04. The van der Waals surface area contributed by atoms with E-state index < -0.39 is 0 Å². The molecule has 0 aliphatic carbocycles. The van der Waals surface area contributed by atoms with Crippen LogP contribution in [0.4, 0.5) is 5.69 Å². The highest BCUT2D eigenvalue weighted by atomic mass is 16.2. The van der Waals surface area contributed by atoms with Crippen molar-refractivity contribution >= 4 is 11.6 Å². The van der Waals surface area contributed by atoms with E-state index in [0.29, 0.717) is 18.8 Å². The third-order valence-corrected chi connectivity index (χ3v) is 2.79. The molecule has 0 radical (unpaired) electrons. The zero-order chi connectivity index (χ0) is 12.3. The number of nitrogens with one attached hydrogen (secondary N) is 1. The predicted octanol–water partition coefficient (Wildman–Crippen LogP) is 1.56. The Morgan fingerprint density at radius 1 is 1.53 bits per heavy atom. The van der Waals surface area contributed by atoms with Gasteiger partial charge in [0.05, 0.1) is 12.7 Å². The molecule has 1 N–H and O–H groups in total. The van der Waals surface area contributed by atoms with Gasteiger partial charge in [-0.15, -0.1) is 0 Å². The van der Waals surface area contributed by atoms with Crippen molar-refractivity contribution in [3.8, 4) is 0 Å². The Labute approximate surface area is 98.9 Å². The number of nitrogens with zero attached hydrogens (tertiary/aromatic N) is 4. The van der Waals surface area contributed by atoms with Crippen LogP contribution in [0.15, 0.2) is 29.4 Å². The predicted molar refractivity (Wildman–Crippen MR) is 63.5 cm³/mol. The summed E-state index contributed by atoms with van der Waals surface area (Å²) in [6.45, 7) is 0.598. The van der Waals surface area contributed by atoms with Crippen molar-refractivity contribution < 1.29 is 4.79 Å². The van der Waals surface area contributed by atoms with Gasteiger partial charge in [0.15, 0.2) is 0 Å². The molecule has 0 spiro atoms. The average molecular weight is 231 g/mol. The topological polar surface area (TPSA) is 81.1 Å². The van der Waals surface area contributed by atoms with Gasteiger partial charge in [0.25, 0.3) is 0 Å². The van der Waals surface area contributed by atoms with Gasteiger partial charge >= 0.3 is 0 Å². The lowest BCUT2D eigenvalue weighted by atomic mass is 10.1. The highest BCUT2D eigenvalue weighted by molar-refractivity contribution is 5.83. The van der Waals surface area contributed by atoms with E-state index >= 15 is 0 Å². The Kier molecular flexibility index (Phi) is 3.27. The summed E-state index contributed by atoms with van der Waals surface area (Å²) in [5.74, 6) is 0.115. The Morgan fingerprint density at radius 2 is 2.24 bits per heavy atom. The summed E-state index contributed by atoms with van der Waals surface area (Å²) >= 11 is 0. The second-order valence-corrected chi connectivity index (χ2v) is 4.01. The van der Waals surface area contributed by atoms with E-state index in [-0.39, 0.29) is 11.9 Å². The van der Waals surface area contributed by atoms with Crippen LogP contribution in [0.2, 0.25) is 0 Å². The average Bonchev–Trinajstić information content (AvgIpc) is 2.64. The highest BCUT2D eigenvalue weighted by Gasteiger charge is 2.27. The standard InChI is InChI=1S/C11H13N5O/c1-16-7-13-10(11(16)17)6-8-2-4-9(5-3-8)14-15-12/h2-5,10,13H,6-7H2,1H3/t10-/m0/s1. The van der Waals surface area contributed by atoms with Crippen molar-refractivity contribution in [2.45, 2.75) is 12.5 Å². The van der Waals surface area contributed by atoms with Crippen LogP contribution >= 0.6 is 0 Å². The molecule has 6 nitrogen and oxygen atoms in total. The molecule has 1 heterocycles. The van der Waals surface area contributed by atoms with Crippen LogP contribution in [0.1, 0.15) is 5.56 Å². The van der Waals surface area contributed by atoms with Crippen molar-refractivity contribution in [1.29, 1.82) is 0 Å². The fourth-order valence-electron chi connectivity index (χ4n) is 1.82. The molecular weight excluding hydrogens is 218 g/mol. The van der Waals surface area contributed by atoms with Crippen LogP contribution < -0.4 is 5.32 Å². The largest absolute Gasteiger partial charge is 0.332 e. The summed E-state index contributed by atoms with van der Waals surface area (Å²) in [6, 6.07) is 7.09. The number of amides is 1. The third kappa shape index (κ3) is 2.55. The minimum Gasteiger partial charge on any atom is -0.332 e. The van der Waals surface area contributed by atoms with Crippen molar-refractivity contribution in [3.05, 3.63) is 40.3 Å². The van der Waals surface area contributed by atoms with Crippen molar-refractivity contribution in [2.24, 2.45) is 5.11 Å². The van der Waals surface area contributed by atoms with Gasteiger partial charge in [0.1, 0.15) is 0 Å². The van der Waals surface area contributed by atoms with Crippen molar-refractivity contribution in [2.75, 3.05) is 13.7 Å². The molecular formula is C11H13N5O. The molecule has 2 rings (SSSR count). The minimum atomic E-state index is -0.148. The second kappa shape index (κ2) is 4.86. The van der Waals surface area contributed by atoms with Gasteiger partial charge in [-0.1, -0.05) is 29.4 Å². The maximum atomic E-state index is 11.7. The van der Waals surface area contributed by atoms with Gasteiger partial charge in [-0.3, -0.25) is 10.1 Å². The van der Waals surface area contributed by atoms with E-state index in [2.05, 4.69) is 15.3 Å². The molecule has 0 aromatic heterocycles. The number of benzene rings is 1. The molecule has 6 heteroatoms. The Balaban J connectivity index is 2.04. The maximum Gasteiger partial charge on any atom is 0.240 e. The normalized spacial score (nSPS) is 19.2. The molecule has 1 amide bonds. The molecule has 1 atom stereocenters. The lowest BCUT2D eigenvalue weighted by Crippen LogP contribution is -2.30. The number of hydrogen-bond acceptors (Lipinski definition) is 3. The van der Waals surface area contributed by atoms with Crippen LogP contribution in [0, 0.1) is 0 Å². The van der Waals surface area contributed by atoms with Crippen LogP contribution in [0.3, 0.4) is 0 Å². The van der Waals surface area contributed by atoms with E-state index in [4.69, 9.17) is 5.53 Å². The molecule has 88 valence electrons. The van der Waals surface area contributed by atoms with Crippen LogP contribution in [0.5, 0.6) is 0 Å². The molecule has 0 unspecified atom stereocenters. The summed E-state index contributed by atoms with van der Waals surface area (Å²) in [7, 11) is 1.78. The van der Waals surface area contributed by atoms with Crippen molar-refractivity contribution in [3.63, 3.8) is 0 Å². The summed E-state index contributed by atoms with van der Waals surface area (Å²) < 4.78 is 0. The first-order valence-corrected chi connectivity index (χ1v) is 5.33. The molecule has 17 heavy (non-hydrogen) atoms. The van der Waals surface area contributed by atoms with Gasteiger partial charge in [0, 0.05) is 17.6 Å². The van der Waals surface area contributed by atoms with E-state index in [1.54, 1.807) is 24.1 Å². The first-order valence-electron chi connectivity index (χ1n) is 5.33. The van der Waals surface area contributed by atoms with Crippen LogP contribution in [-0.2, 0) is 11.2 Å². The third-order valence-electron chi connectivity index (χ3n) is 2.79. The quantitative estimate of drug-likeness (QED) is 0.486. The Morgan fingerprint density at radius 3 is 2.76 bits per heavy atom. The number of carbonyl (C=O) groups is 1. The van der Waals surface area contributed by atoms with E-state index in [1.807, 2.05) is 12.1 Å².